The van der Waals surface area contributed by atoms with Crippen LogP contribution in [0.15, 0.2) is 65.5 Å². The summed E-state index contributed by atoms with van der Waals surface area (Å²) in [6.07, 6.45) is 3.71. The number of carbonyl (C=O) groups excluding carboxylic acids is 3. The highest BCUT2D eigenvalue weighted by Gasteiger charge is 2.45. The zero-order valence-electron chi connectivity index (χ0n) is 22.6. The predicted octanol–water partition coefficient (Wildman–Crippen LogP) is 5.86. The molecule has 3 amide bonds. The third-order valence-corrected chi connectivity index (χ3v) is 6.45. The molecule has 0 radical (unpaired) electrons. The number of nitrogens with one attached hydrogen (secondary N) is 1. The number of nitrogens with zero attached hydrogens (tertiary/aromatic N) is 3. The van der Waals surface area contributed by atoms with Gasteiger partial charge < -0.3 is 10.2 Å². The molecule has 4 rings (SSSR count). The lowest BCUT2D eigenvalue weighted by Gasteiger charge is -2.35. The van der Waals surface area contributed by atoms with Crippen molar-refractivity contribution >= 4 is 41.6 Å². The Morgan fingerprint density at radius 2 is 1.77 bits per heavy atom. The van der Waals surface area contributed by atoms with E-state index in [9.17, 15) is 27.6 Å². The number of unbranched alkanes of at least 4 members (excludes halogenated alkanes) is 1. The number of thiazole rings is 1. The zero-order valence-corrected chi connectivity index (χ0v) is 23.5. The van der Waals surface area contributed by atoms with E-state index in [0.29, 0.717) is 6.41 Å². The molecule has 11 heteroatoms. The van der Waals surface area contributed by atoms with Crippen LogP contribution in [0.3, 0.4) is 0 Å². The first kappa shape index (κ1) is 32.5. The van der Waals surface area contributed by atoms with Crippen molar-refractivity contribution in [3.8, 4) is 0 Å². The van der Waals surface area contributed by atoms with E-state index >= 15 is 0 Å². The first-order chi connectivity index (χ1) is 19.2. The van der Waals surface area contributed by atoms with E-state index in [1.165, 1.54) is 35.1 Å². The standard InChI is InChI=1S/C13H13F3N2O2.C8H12N2OS.C8H10/c14-9-2-1-3-11(4-9)18(8-19)7-12(20)17-10-5-13(15,16)6-10;1-2-3-4-10(7-11)8-5-12-6-9-8;1-2-8-6-4-3-5-7-8/h1-4,8,10H,5-7H2,(H,17,20);5-7H,2-4H2,1H3;3-7H,2H2,1H3. The molecular weight excluding hydrogens is 541 g/mol. The third kappa shape index (κ3) is 11.6. The second kappa shape index (κ2) is 17.1. The average Bonchev–Trinajstić information content (AvgIpc) is 3.47. The summed E-state index contributed by atoms with van der Waals surface area (Å²) in [7, 11) is 0. The maximum absolute atomic E-state index is 13.0. The number of hydrogen-bond donors (Lipinski definition) is 1. The van der Waals surface area contributed by atoms with E-state index in [1.807, 2.05) is 11.4 Å². The number of aromatic nitrogens is 1. The zero-order chi connectivity index (χ0) is 29.4. The van der Waals surface area contributed by atoms with E-state index in [1.54, 1.807) is 10.4 Å². The third-order valence-electron chi connectivity index (χ3n) is 5.88. The first-order valence-corrected chi connectivity index (χ1v) is 13.9. The Labute approximate surface area is 237 Å². The van der Waals surface area contributed by atoms with Crippen LogP contribution in [-0.4, -0.2) is 48.8 Å². The molecule has 216 valence electrons. The van der Waals surface area contributed by atoms with Crippen molar-refractivity contribution < 1.29 is 27.6 Å². The number of aryl methyl sites for hydroxylation is 1. The lowest BCUT2D eigenvalue weighted by Crippen LogP contribution is -2.52. The van der Waals surface area contributed by atoms with Gasteiger partial charge in [-0.25, -0.2) is 18.2 Å². The SMILES string of the molecule is CCCCN(C=O)c1cscn1.CCc1ccccc1.O=CN(CC(=O)NC1CC(F)(F)C1)c1cccc(F)c1. The van der Waals surface area contributed by atoms with E-state index < -0.39 is 23.7 Å². The first-order valence-electron chi connectivity index (χ1n) is 13.0. The molecule has 1 aromatic heterocycles. The van der Waals surface area contributed by atoms with Gasteiger partial charge in [0.1, 0.15) is 18.2 Å². The van der Waals surface area contributed by atoms with Gasteiger partial charge in [-0.05, 0) is 36.6 Å². The minimum absolute atomic E-state index is 0.231. The van der Waals surface area contributed by atoms with E-state index in [2.05, 4.69) is 48.4 Å². The molecule has 0 spiro atoms. The van der Waals surface area contributed by atoms with Gasteiger partial charge in [0, 0.05) is 36.5 Å². The fraction of sp³-hybridized carbons (Fsp3) is 0.379. The molecule has 1 heterocycles. The van der Waals surface area contributed by atoms with Crippen molar-refractivity contribution in [1.29, 1.82) is 0 Å². The molecule has 40 heavy (non-hydrogen) atoms. The molecule has 0 bridgehead atoms. The number of amides is 3. The van der Waals surface area contributed by atoms with Gasteiger partial charge >= 0.3 is 0 Å². The number of anilines is 2. The van der Waals surface area contributed by atoms with Gasteiger partial charge in [0.25, 0.3) is 5.92 Å². The molecule has 1 fully saturated rings. The summed E-state index contributed by atoms with van der Waals surface area (Å²) in [6, 6.07) is 15.1. The lowest BCUT2D eigenvalue weighted by atomic mass is 9.88. The van der Waals surface area contributed by atoms with Gasteiger partial charge in [0.05, 0.1) is 5.51 Å². The van der Waals surface area contributed by atoms with E-state index in [-0.39, 0.29) is 25.1 Å². The minimum Gasteiger partial charge on any atom is -0.351 e. The molecule has 1 saturated carbocycles. The molecular formula is C29H35F3N4O3S. The maximum Gasteiger partial charge on any atom is 0.252 e. The highest BCUT2D eigenvalue weighted by molar-refractivity contribution is 7.07. The van der Waals surface area contributed by atoms with Gasteiger partial charge in [-0.2, -0.15) is 0 Å². The van der Waals surface area contributed by atoms with E-state index in [0.717, 1.165) is 49.0 Å². The topological polar surface area (TPSA) is 82.6 Å². The van der Waals surface area contributed by atoms with Crippen molar-refractivity contribution in [2.45, 2.75) is 57.9 Å². The van der Waals surface area contributed by atoms with Crippen LogP contribution in [0.25, 0.3) is 0 Å². The molecule has 2 aromatic carbocycles. The molecule has 3 aromatic rings. The summed E-state index contributed by atoms with van der Waals surface area (Å²) in [5, 5.41) is 4.29. The van der Waals surface area contributed by atoms with Gasteiger partial charge in [0.15, 0.2) is 0 Å². The minimum atomic E-state index is -2.72. The normalized spacial score (nSPS) is 13.3. The lowest BCUT2D eigenvalue weighted by molar-refractivity contribution is -0.128. The molecule has 1 aliphatic rings. The fourth-order valence-corrected chi connectivity index (χ4v) is 4.19. The fourth-order valence-electron chi connectivity index (χ4n) is 3.65. The van der Waals surface area contributed by atoms with Crippen molar-refractivity contribution in [3.05, 3.63) is 76.9 Å². The Morgan fingerprint density at radius 1 is 1.07 bits per heavy atom. The van der Waals surface area contributed by atoms with Crippen LogP contribution in [0.1, 0.15) is 45.1 Å². The number of carbonyl (C=O) groups is 3. The quantitative estimate of drug-likeness (QED) is 0.290. The highest BCUT2D eigenvalue weighted by atomic mass is 32.1. The Morgan fingerprint density at radius 3 is 2.27 bits per heavy atom. The Bertz CT molecular complexity index is 1160. The van der Waals surface area contributed by atoms with Crippen LogP contribution >= 0.6 is 11.3 Å². The molecule has 0 atom stereocenters. The molecule has 7 nitrogen and oxygen atoms in total. The van der Waals surface area contributed by atoms with Gasteiger partial charge in [-0.15, -0.1) is 11.3 Å². The monoisotopic (exact) mass is 576 g/mol. The van der Waals surface area contributed by atoms with Crippen LogP contribution in [-0.2, 0) is 20.8 Å². The largest absolute Gasteiger partial charge is 0.351 e. The number of halogens is 3. The summed E-state index contributed by atoms with van der Waals surface area (Å²) in [5.41, 5.74) is 3.37. The van der Waals surface area contributed by atoms with Crippen LogP contribution in [0.5, 0.6) is 0 Å². The number of hydrogen-bond acceptors (Lipinski definition) is 5. The molecule has 1 N–H and O–H groups in total. The van der Waals surface area contributed by atoms with Crippen molar-refractivity contribution in [1.82, 2.24) is 10.3 Å². The molecule has 0 unspecified atom stereocenters. The van der Waals surface area contributed by atoms with Crippen molar-refractivity contribution in [2.75, 3.05) is 22.9 Å². The summed E-state index contributed by atoms with van der Waals surface area (Å²) >= 11 is 1.51. The second-order valence-corrected chi connectivity index (χ2v) is 9.80. The molecule has 0 aliphatic heterocycles. The Kier molecular flexibility index (Phi) is 13.9. The smallest absolute Gasteiger partial charge is 0.252 e. The second-order valence-electron chi connectivity index (χ2n) is 9.08. The number of benzene rings is 2. The number of rotatable bonds is 11. The van der Waals surface area contributed by atoms with Crippen LogP contribution in [0.2, 0.25) is 0 Å². The number of alkyl halides is 2. The maximum atomic E-state index is 13.0. The summed E-state index contributed by atoms with van der Waals surface area (Å²) < 4.78 is 38.3. The average molecular weight is 577 g/mol. The van der Waals surface area contributed by atoms with Crippen molar-refractivity contribution in [2.24, 2.45) is 0 Å². The van der Waals surface area contributed by atoms with Crippen LogP contribution in [0.4, 0.5) is 24.7 Å². The van der Waals surface area contributed by atoms with Gasteiger partial charge in [0.2, 0.25) is 18.7 Å². The summed E-state index contributed by atoms with van der Waals surface area (Å²) in [5.74, 6) is -3.04. The summed E-state index contributed by atoms with van der Waals surface area (Å²) in [4.78, 5) is 39.9. The predicted molar refractivity (Wildman–Crippen MR) is 152 cm³/mol. The van der Waals surface area contributed by atoms with Crippen molar-refractivity contribution in [3.63, 3.8) is 0 Å². The summed E-state index contributed by atoms with van der Waals surface area (Å²) in [6.45, 7) is 4.69. The Hall–Kier alpha value is -3.73. The highest BCUT2D eigenvalue weighted by Crippen LogP contribution is 2.37. The van der Waals surface area contributed by atoms with Gasteiger partial charge in [-0.3, -0.25) is 19.3 Å². The molecule has 1 aliphatic carbocycles. The Balaban J connectivity index is 0.000000236. The van der Waals surface area contributed by atoms with Gasteiger partial charge in [-0.1, -0.05) is 56.7 Å². The van der Waals surface area contributed by atoms with Crippen LogP contribution < -0.4 is 15.1 Å². The molecule has 0 saturated heterocycles. The van der Waals surface area contributed by atoms with Crippen LogP contribution in [0, 0.1) is 5.82 Å². The van der Waals surface area contributed by atoms with E-state index in [4.69, 9.17) is 0 Å².